The minimum atomic E-state index is -0.552. The first-order valence-corrected chi connectivity index (χ1v) is 10.6. The van der Waals surface area contributed by atoms with Gasteiger partial charge in [-0.2, -0.15) is 0 Å². The fourth-order valence-electron chi connectivity index (χ4n) is 4.24. The summed E-state index contributed by atoms with van der Waals surface area (Å²) in [5.74, 6) is -1.68. The zero-order valence-corrected chi connectivity index (χ0v) is 18.5. The SMILES string of the molecule is CCOC(=O)C1=C(C)NC(C)=C(C(=O)OCC)C1C(c1ccccc1)c1ccccc1. The van der Waals surface area contributed by atoms with Gasteiger partial charge in [-0.1, -0.05) is 60.7 Å². The van der Waals surface area contributed by atoms with E-state index in [1.807, 2.05) is 74.5 Å². The summed E-state index contributed by atoms with van der Waals surface area (Å²) in [5.41, 5.74) is 4.28. The summed E-state index contributed by atoms with van der Waals surface area (Å²) in [6.45, 7) is 7.74. The van der Waals surface area contributed by atoms with Gasteiger partial charge in [-0.15, -0.1) is 0 Å². The Hall–Kier alpha value is -3.34. The van der Waals surface area contributed by atoms with Crippen LogP contribution in [0.1, 0.15) is 44.7 Å². The topological polar surface area (TPSA) is 64.6 Å². The van der Waals surface area contributed by atoms with Crippen LogP contribution in [0.5, 0.6) is 0 Å². The Morgan fingerprint density at radius 2 is 1.16 bits per heavy atom. The summed E-state index contributed by atoms with van der Waals surface area (Å²) in [7, 11) is 0. The van der Waals surface area contributed by atoms with Gasteiger partial charge in [0.15, 0.2) is 0 Å². The molecular weight excluding hydrogens is 390 g/mol. The smallest absolute Gasteiger partial charge is 0.336 e. The molecule has 2 aromatic carbocycles. The molecule has 0 saturated heterocycles. The average molecular weight is 420 g/mol. The summed E-state index contributed by atoms with van der Waals surface area (Å²) in [5, 5.41) is 3.20. The van der Waals surface area contributed by atoms with Crippen LogP contribution in [0.2, 0.25) is 0 Å². The van der Waals surface area contributed by atoms with Crippen molar-refractivity contribution in [2.24, 2.45) is 5.92 Å². The lowest BCUT2D eigenvalue weighted by molar-refractivity contribution is -0.140. The van der Waals surface area contributed by atoms with Crippen molar-refractivity contribution in [3.05, 3.63) is 94.3 Å². The van der Waals surface area contributed by atoms with Crippen molar-refractivity contribution in [2.75, 3.05) is 13.2 Å². The maximum absolute atomic E-state index is 13.1. The molecule has 0 aliphatic carbocycles. The summed E-state index contributed by atoms with van der Waals surface area (Å²) in [6, 6.07) is 19.9. The summed E-state index contributed by atoms with van der Waals surface area (Å²) in [4.78, 5) is 26.2. The number of hydrogen-bond donors (Lipinski definition) is 1. The van der Waals surface area contributed by atoms with E-state index < -0.39 is 17.9 Å². The molecule has 0 atom stereocenters. The summed E-state index contributed by atoms with van der Waals surface area (Å²) in [6.07, 6.45) is 0. The molecule has 5 heteroatoms. The molecule has 1 aliphatic heterocycles. The van der Waals surface area contributed by atoms with E-state index in [0.717, 1.165) is 11.1 Å². The van der Waals surface area contributed by atoms with Crippen molar-refractivity contribution >= 4 is 11.9 Å². The first-order chi connectivity index (χ1) is 15.0. The number of carbonyl (C=O) groups excluding carboxylic acids is 2. The Kier molecular flexibility index (Phi) is 7.29. The minimum Gasteiger partial charge on any atom is -0.463 e. The van der Waals surface area contributed by atoms with E-state index in [1.165, 1.54) is 0 Å². The predicted octanol–water partition coefficient (Wildman–Crippen LogP) is 4.71. The van der Waals surface area contributed by atoms with Gasteiger partial charge < -0.3 is 14.8 Å². The van der Waals surface area contributed by atoms with Crippen molar-refractivity contribution in [2.45, 2.75) is 33.6 Å². The lowest BCUT2D eigenvalue weighted by atomic mass is 9.71. The van der Waals surface area contributed by atoms with E-state index >= 15 is 0 Å². The zero-order valence-electron chi connectivity index (χ0n) is 18.5. The van der Waals surface area contributed by atoms with Gasteiger partial charge in [-0.3, -0.25) is 0 Å². The maximum atomic E-state index is 13.1. The maximum Gasteiger partial charge on any atom is 0.336 e. The Morgan fingerprint density at radius 1 is 0.774 bits per heavy atom. The Balaban J connectivity index is 2.28. The van der Waals surface area contributed by atoms with Gasteiger partial charge in [0.1, 0.15) is 0 Å². The van der Waals surface area contributed by atoms with E-state index in [4.69, 9.17) is 9.47 Å². The number of rotatable bonds is 7. The van der Waals surface area contributed by atoms with Crippen LogP contribution in [0.4, 0.5) is 0 Å². The molecule has 0 aromatic heterocycles. The molecule has 1 heterocycles. The van der Waals surface area contributed by atoms with Gasteiger partial charge in [-0.05, 0) is 38.8 Å². The van der Waals surface area contributed by atoms with Crippen LogP contribution < -0.4 is 5.32 Å². The largest absolute Gasteiger partial charge is 0.463 e. The van der Waals surface area contributed by atoms with Crippen LogP contribution >= 0.6 is 0 Å². The second-order valence-electron chi connectivity index (χ2n) is 7.42. The third-order valence-electron chi connectivity index (χ3n) is 5.45. The van der Waals surface area contributed by atoms with Crippen molar-refractivity contribution in [1.29, 1.82) is 0 Å². The second-order valence-corrected chi connectivity index (χ2v) is 7.42. The first-order valence-electron chi connectivity index (χ1n) is 10.6. The number of hydrogen-bond acceptors (Lipinski definition) is 5. The van der Waals surface area contributed by atoms with Crippen molar-refractivity contribution < 1.29 is 19.1 Å². The second kappa shape index (κ2) is 10.1. The van der Waals surface area contributed by atoms with E-state index in [2.05, 4.69) is 5.32 Å². The van der Waals surface area contributed by atoms with E-state index in [0.29, 0.717) is 22.5 Å². The highest BCUT2D eigenvalue weighted by Gasteiger charge is 2.42. The predicted molar refractivity (Wildman–Crippen MR) is 120 cm³/mol. The monoisotopic (exact) mass is 419 g/mol. The molecule has 0 saturated carbocycles. The number of dihydropyridines is 1. The lowest BCUT2D eigenvalue weighted by Gasteiger charge is -2.35. The molecule has 0 fully saturated rings. The van der Waals surface area contributed by atoms with E-state index in [1.54, 1.807) is 13.8 Å². The van der Waals surface area contributed by atoms with Gasteiger partial charge in [-0.25, -0.2) is 9.59 Å². The molecule has 3 rings (SSSR count). The molecule has 1 N–H and O–H groups in total. The standard InChI is InChI=1S/C26H29NO4/c1-5-30-25(28)21-17(3)27-18(4)22(26(29)31-6-2)24(21)23(19-13-9-7-10-14-19)20-15-11-8-12-16-20/h7-16,23-24,27H,5-6H2,1-4H3. The fraction of sp³-hybridized carbons (Fsp3) is 0.308. The number of nitrogens with one attached hydrogen (secondary N) is 1. The van der Waals surface area contributed by atoms with E-state index in [9.17, 15) is 9.59 Å². The van der Waals surface area contributed by atoms with Crippen LogP contribution in [0.3, 0.4) is 0 Å². The Morgan fingerprint density at radius 3 is 1.52 bits per heavy atom. The number of carbonyl (C=O) groups is 2. The zero-order chi connectivity index (χ0) is 22.4. The van der Waals surface area contributed by atoms with Crippen molar-refractivity contribution in [1.82, 2.24) is 5.32 Å². The summed E-state index contributed by atoms with van der Waals surface area (Å²) < 4.78 is 10.8. The number of allylic oxidation sites excluding steroid dienone is 2. The van der Waals surface area contributed by atoms with Crippen LogP contribution in [0.15, 0.2) is 83.2 Å². The number of esters is 2. The van der Waals surface area contributed by atoms with Gasteiger partial charge in [0.05, 0.1) is 24.4 Å². The minimum absolute atomic E-state index is 0.251. The number of benzene rings is 2. The highest BCUT2D eigenvalue weighted by atomic mass is 16.5. The molecular formula is C26H29NO4. The lowest BCUT2D eigenvalue weighted by Crippen LogP contribution is -2.37. The third-order valence-corrected chi connectivity index (χ3v) is 5.45. The quantitative estimate of drug-likeness (QED) is 0.659. The average Bonchev–Trinajstić information content (AvgIpc) is 2.75. The molecule has 0 unspecified atom stereocenters. The third kappa shape index (κ3) is 4.71. The van der Waals surface area contributed by atoms with Gasteiger partial charge in [0.2, 0.25) is 0 Å². The fourth-order valence-corrected chi connectivity index (χ4v) is 4.24. The van der Waals surface area contributed by atoms with Crippen LogP contribution in [-0.2, 0) is 19.1 Å². The molecule has 2 aromatic rings. The van der Waals surface area contributed by atoms with Crippen LogP contribution in [0, 0.1) is 5.92 Å². The molecule has 5 nitrogen and oxygen atoms in total. The highest BCUT2D eigenvalue weighted by Crippen LogP contribution is 2.44. The Labute approximate surface area is 183 Å². The number of ether oxygens (including phenoxy) is 2. The molecule has 0 radical (unpaired) electrons. The first kappa shape index (κ1) is 22.3. The van der Waals surface area contributed by atoms with Gasteiger partial charge >= 0.3 is 11.9 Å². The molecule has 31 heavy (non-hydrogen) atoms. The molecule has 0 spiro atoms. The van der Waals surface area contributed by atoms with Crippen molar-refractivity contribution in [3.8, 4) is 0 Å². The van der Waals surface area contributed by atoms with Crippen LogP contribution in [0.25, 0.3) is 0 Å². The molecule has 1 aliphatic rings. The van der Waals surface area contributed by atoms with Gasteiger partial charge in [0.25, 0.3) is 0 Å². The summed E-state index contributed by atoms with van der Waals surface area (Å²) >= 11 is 0. The molecule has 162 valence electrons. The highest BCUT2D eigenvalue weighted by molar-refractivity contribution is 5.98. The molecule has 0 bridgehead atoms. The van der Waals surface area contributed by atoms with E-state index in [-0.39, 0.29) is 19.1 Å². The normalized spacial score (nSPS) is 14.5. The van der Waals surface area contributed by atoms with Crippen molar-refractivity contribution in [3.63, 3.8) is 0 Å². The van der Waals surface area contributed by atoms with Gasteiger partial charge in [0, 0.05) is 23.2 Å². The van der Waals surface area contributed by atoms with Crippen LogP contribution in [-0.4, -0.2) is 25.2 Å². The Bertz CT molecular complexity index is 913. The molecule has 0 amide bonds.